The molecule has 0 radical (unpaired) electrons. The first-order chi connectivity index (χ1) is 10.7. The van der Waals surface area contributed by atoms with Crippen molar-refractivity contribution in [2.45, 2.75) is 30.1 Å². The van der Waals surface area contributed by atoms with E-state index in [1.807, 2.05) is 0 Å². The van der Waals surface area contributed by atoms with Gasteiger partial charge in [0.25, 0.3) is 5.91 Å². The number of carbonyl (C=O) groups excluding carboxylic acids is 1. The highest BCUT2D eigenvalue weighted by atomic mass is 32.2. The van der Waals surface area contributed by atoms with Gasteiger partial charge >= 0.3 is 0 Å². The first kappa shape index (κ1) is 15.1. The number of hydrogen-bond donors (Lipinski definition) is 1. The maximum Gasteiger partial charge on any atom is 0.273 e. The largest absolute Gasteiger partial charge is 0.360 e. The highest BCUT2D eigenvalue weighted by molar-refractivity contribution is 7.99. The van der Waals surface area contributed by atoms with E-state index in [0.717, 1.165) is 35.7 Å². The molecule has 1 N–H and O–H groups in total. The average Bonchev–Trinajstić information content (AvgIpc) is 3.26. The van der Waals surface area contributed by atoms with Crippen LogP contribution in [0.1, 0.15) is 41.4 Å². The van der Waals surface area contributed by atoms with Gasteiger partial charge in [0.05, 0.1) is 0 Å². The lowest BCUT2D eigenvalue weighted by atomic mass is 10.3. The number of benzene rings is 1. The van der Waals surface area contributed by atoms with Crippen molar-refractivity contribution in [1.82, 2.24) is 10.5 Å². The van der Waals surface area contributed by atoms with Gasteiger partial charge < -0.3 is 9.84 Å². The Morgan fingerprint density at radius 2 is 2.14 bits per heavy atom. The van der Waals surface area contributed by atoms with Gasteiger partial charge in [0, 0.05) is 23.4 Å². The van der Waals surface area contributed by atoms with Gasteiger partial charge in [0.1, 0.15) is 11.6 Å². The molecule has 0 bridgehead atoms. The summed E-state index contributed by atoms with van der Waals surface area (Å²) in [4.78, 5) is 12.9. The third kappa shape index (κ3) is 4.10. The zero-order valence-corrected chi connectivity index (χ0v) is 12.9. The number of halogens is 1. The molecule has 0 saturated heterocycles. The Balaban J connectivity index is 1.35. The van der Waals surface area contributed by atoms with Gasteiger partial charge in [-0.05, 0) is 49.3 Å². The number of rotatable bonds is 7. The first-order valence-electron chi connectivity index (χ1n) is 7.35. The molecular formula is C16H17FN2O2S. The molecule has 1 aliphatic carbocycles. The molecule has 0 atom stereocenters. The minimum absolute atomic E-state index is 0.192. The second-order valence-electron chi connectivity index (χ2n) is 5.30. The predicted molar refractivity (Wildman–Crippen MR) is 82.6 cm³/mol. The number of thioether (sulfide) groups is 1. The van der Waals surface area contributed by atoms with Crippen LogP contribution in [-0.2, 0) is 0 Å². The maximum absolute atomic E-state index is 12.8. The van der Waals surface area contributed by atoms with E-state index in [1.54, 1.807) is 30.0 Å². The SMILES string of the molecule is O=C(NCCCSc1ccc(F)cc1)c1cc(C2CC2)on1. The number of amides is 1. The normalized spacial score (nSPS) is 14.0. The number of nitrogens with zero attached hydrogens (tertiary/aromatic N) is 1. The van der Waals surface area contributed by atoms with Crippen LogP contribution in [0.5, 0.6) is 0 Å². The number of hydrogen-bond acceptors (Lipinski definition) is 4. The summed E-state index contributed by atoms with van der Waals surface area (Å²) < 4.78 is 17.9. The molecule has 3 rings (SSSR count). The molecule has 116 valence electrons. The molecule has 1 aromatic heterocycles. The van der Waals surface area contributed by atoms with Crippen molar-refractivity contribution in [2.75, 3.05) is 12.3 Å². The molecule has 1 aromatic carbocycles. The molecule has 6 heteroatoms. The molecular weight excluding hydrogens is 303 g/mol. The van der Waals surface area contributed by atoms with Gasteiger partial charge in [-0.2, -0.15) is 0 Å². The first-order valence-corrected chi connectivity index (χ1v) is 8.34. The minimum Gasteiger partial charge on any atom is -0.360 e. The molecule has 1 heterocycles. The highest BCUT2D eigenvalue weighted by Crippen LogP contribution is 2.40. The topological polar surface area (TPSA) is 55.1 Å². The Hall–Kier alpha value is -1.82. The lowest BCUT2D eigenvalue weighted by Crippen LogP contribution is -2.25. The van der Waals surface area contributed by atoms with E-state index in [1.165, 1.54) is 12.1 Å². The van der Waals surface area contributed by atoms with Crippen molar-refractivity contribution in [1.29, 1.82) is 0 Å². The van der Waals surface area contributed by atoms with Crippen molar-refractivity contribution < 1.29 is 13.7 Å². The zero-order valence-electron chi connectivity index (χ0n) is 12.0. The summed E-state index contributed by atoms with van der Waals surface area (Å²) in [6.45, 7) is 0.582. The fourth-order valence-electron chi connectivity index (χ4n) is 2.04. The Morgan fingerprint density at radius 3 is 2.86 bits per heavy atom. The standard InChI is InChI=1S/C16H17FN2O2S/c17-12-4-6-13(7-5-12)22-9-1-8-18-16(20)14-10-15(21-19-14)11-2-3-11/h4-7,10-11H,1-3,8-9H2,(H,18,20). The molecule has 1 fully saturated rings. The molecule has 0 spiro atoms. The van der Waals surface area contributed by atoms with Crippen molar-refractivity contribution in [3.05, 3.63) is 47.6 Å². The van der Waals surface area contributed by atoms with Gasteiger partial charge in [-0.3, -0.25) is 4.79 Å². The van der Waals surface area contributed by atoms with Gasteiger partial charge in [0.15, 0.2) is 5.69 Å². The van der Waals surface area contributed by atoms with Crippen LogP contribution in [-0.4, -0.2) is 23.4 Å². The Bertz CT molecular complexity index is 638. The van der Waals surface area contributed by atoms with Crippen LogP contribution < -0.4 is 5.32 Å². The van der Waals surface area contributed by atoms with E-state index in [-0.39, 0.29) is 11.7 Å². The summed E-state index contributed by atoms with van der Waals surface area (Å²) in [6.07, 6.45) is 3.08. The smallest absolute Gasteiger partial charge is 0.273 e. The monoisotopic (exact) mass is 320 g/mol. The third-order valence-corrected chi connectivity index (χ3v) is 4.53. The van der Waals surface area contributed by atoms with Crippen molar-refractivity contribution in [3.8, 4) is 0 Å². The van der Waals surface area contributed by atoms with Gasteiger partial charge in [-0.1, -0.05) is 5.16 Å². The quantitative estimate of drug-likeness (QED) is 0.625. The van der Waals surface area contributed by atoms with Crippen LogP contribution in [0.25, 0.3) is 0 Å². The summed E-state index contributed by atoms with van der Waals surface area (Å²) in [5.41, 5.74) is 0.355. The molecule has 0 unspecified atom stereocenters. The second-order valence-corrected chi connectivity index (χ2v) is 6.47. The molecule has 4 nitrogen and oxygen atoms in total. The predicted octanol–water partition coefficient (Wildman–Crippen LogP) is 3.60. The van der Waals surface area contributed by atoms with E-state index in [4.69, 9.17) is 4.52 Å². The molecule has 1 aliphatic rings. The molecule has 2 aromatic rings. The molecule has 22 heavy (non-hydrogen) atoms. The van der Waals surface area contributed by atoms with Gasteiger partial charge in [-0.15, -0.1) is 11.8 Å². The van der Waals surface area contributed by atoms with Crippen LogP contribution in [0.15, 0.2) is 39.8 Å². The van der Waals surface area contributed by atoms with Crippen LogP contribution in [0.3, 0.4) is 0 Å². The van der Waals surface area contributed by atoms with Gasteiger partial charge in [-0.25, -0.2) is 4.39 Å². The van der Waals surface area contributed by atoms with E-state index in [2.05, 4.69) is 10.5 Å². The Kier molecular flexibility index (Phi) is 4.77. The number of aromatic nitrogens is 1. The molecule has 1 saturated carbocycles. The number of nitrogens with one attached hydrogen (secondary N) is 1. The van der Waals surface area contributed by atoms with E-state index in [0.29, 0.717) is 18.2 Å². The molecule has 1 amide bonds. The van der Waals surface area contributed by atoms with Crippen molar-refractivity contribution in [2.24, 2.45) is 0 Å². The van der Waals surface area contributed by atoms with Crippen molar-refractivity contribution in [3.63, 3.8) is 0 Å². The summed E-state index contributed by atoms with van der Waals surface area (Å²) in [5, 5.41) is 6.64. The summed E-state index contributed by atoms with van der Waals surface area (Å²) in [6, 6.07) is 8.15. The number of carbonyl (C=O) groups is 1. The minimum atomic E-state index is -0.227. The fraction of sp³-hybridized carbons (Fsp3) is 0.375. The second kappa shape index (κ2) is 6.96. The maximum atomic E-state index is 12.8. The zero-order chi connectivity index (χ0) is 15.4. The summed E-state index contributed by atoms with van der Waals surface area (Å²) >= 11 is 1.64. The van der Waals surface area contributed by atoms with E-state index < -0.39 is 0 Å². The Labute approximate surface area is 132 Å². The highest BCUT2D eigenvalue weighted by Gasteiger charge is 2.28. The fourth-order valence-corrected chi connectivity index (χ4v) is 2.89. The Morgan fingerprint density at radius 1 is 1.36 bits per heavy atom. The van der Waals surface area contributed by atoms with E-state index >= 15 is 0 Å². The van der Waals surface area contributed by atoms with Crippen LogP contribution in [0.2, 0.25) is 0 Å². The molecule has 0 aliphatic heterocycles. The van der Waals surface area contributed by atoms with E-state index in [9.17, 15) is 9.18 Å². The lowest BCUT2D eigenvalue weighted by molar-refractivity contribution is 0.0944. The summed E-state index contributed by atoms with van der Waals surface area (Å²) in [7, 11) is 0. The van der Waals surface area contributed by atoms with Gasteiger partial charge in [0.2, 0.25) is 0 Å². The van der Waals surface area contributed by atoms with Crippen LogP contribution in [0, 0.1) is 5.82 Å². The van der Waals surface area contributed by atoms with Crippen LogP contribution in [0.4, 0.5) is 4.39 Å². The van der Waals surface area contributed by atoms with Crippen molar-refractivity contribution >= 4 is 17.7 Å². The summed E-state index contributed by atoms with van der Waals surface area (Å²) in [5.74, 6) is 1.72. The average molecular weight is 320 g/mol. The van der Waals surface area contributed by atoms with Crippen LogP contribution >= 0.6 is 11.8 Å². The third-order valence-electron chi connectivity index (χ3n) is 3.43. The lowest BCUT2D eigenvalue weighted by Gasteiger charge is -2.03.